The maximum atomic E-state index is 5.71. The van der Waals surface area contributed by atoms with Crippen molar-refractivity contribution >= 4 is 32.9 Å². The number of aromatic nitrogens is 5. The summed E-state index contributed by atoms with van der Waals surface area (Å²) < 4.78 is 7.90. The molecule has 0 spiro atoms. The van der Waals surface area contributed by atoms with Gasteiger partial charge in [-0.25, -0.2) is 9.97 Å². The minimum Gasteiger partial charge on any atom is -0.443 e. The largest absolute Gasteiger partial charge is 0.443 e. The van der Waals surface area contributed by atoms with Crippen LogP contribution < -0.4 is 0 Å². The van der Waals surface area contributed by atoms with E-state index in [1.165, 1.54) is 27.8 Å². The Morgan fingerprint density at radius 2 is 1.02 bits per heavy atom. The first kappa shape index (κ1) is 31.4. The molecule has 7 aromatic carbocycles. The highest BCUT2D eigenvalue weighted by Crippen LogP contribution is 2.52. The van der Waals surface area contributed by atoms with Gasteiger partial charge >= 0.3 is 0 Å². The second kappa shape index (κ2) is 11.9. The molecule has 0 amide bonds. The van der Waals surface area contributed by atoms with Gasteiger partial charge in [-0.05, 0) is 80.9 Å². The summed E-state index contributed by atoms with van der Waals surface area (Å²) in [5, 5.41) is 2.25. The first-order chi connectivity index (χ1) is 27.0. The lowest BCUT2D eigenvalue weighted by atomic mass is 9.81. The maximum Gasteiger partial charge on any atom is 0.238 e. The van der Waals surface area contributed by atoms with Gasteiger partial charge in [-0.2, -0.15) is 9.97 Å². The van der Waals surface area contributed by atoms with Crippen molar-refractivity contribution in [3.8, 4) is 62.1 Å². The molecule has 0 atom stereocenters. The van der Waals surface area contributed by atoms with Crippen molar-refractivity contribution in [3.05, 3.63) is 175 Å². The molecule has 10 aromatic rings. The highest BCUT2D eigenvalue weighted by atomic mass is 16.3. The molecule has 0 unspecified atom stereocenters. The molecule has 1 aliphatic rings. The summed E-state index contributed by atoms with van der Waals surface area (Å²) in [7, 11) is 0. The van der Waals surface area contributed by atoms with E-state index in [1.54, 1.807) is 6.39 Å². The molecule has 0 radical (unpaired) electrons. The molecule has 0 N–H and O–H groups in total. The number of hydrogen-bond donors (Lipinski definition) is 0. The van der Waals surface area contributed by atoms with Gasteiger partial charge in [0.2, 0.25) is 5.95 Å². The number of fused-ring (bicyclic) bond motifs is 8. The highest BCUT2D eigenvalue weighted by molar-refractivity contribution is 6.11. The van der Waals surface area contributed by atoms with Gasteiger partial charge in [0.25, 0.3) is 0 Å². The van der Waals surface area contributed by atoms with E-state index in [0.29, 0.717) is 17.6 Å². The molecule has 0 bridgehead atoms. The minimum absolute atomic E-state index is 0.243. The van der Waals surface area contributed by atoms with E-state index in [4.69, 9.17) is 19.4 Å². The van der Waals surface area contributed by atoms with Crippen molar-refractivity contribution in [2.75, 3.05) is 0 Å². The summed E-state index contributed by atoms with van der Waals surface area (Å²) in [6, 6.07) is 55.4. The van der Waals surface area contributed by atoms with Crippen LogP contribution in [0.1, 0.15) is 25.0 Å². The van der Waals surface area contributed by atoms with Crippen molar-refractivity contribution in [3.63, 3.8) is 0 Å². The predicted molar refractivity (Wildman–Crippen MR) is 221 cm³/mol. The van der Waals surface area contributed by atoms with Gasteiger partial charge in [0.1, 0.15) is 5.52 Å². The molecule has 11 rings (SSSR count). The van der Waals surface area contributed by atoms with E-state index in [2.05, 4.69) is 114 Å². The summed E-state index contributed by atoms with van der Waals surface area (Å²) in [4.78, 5) is 19.9. The number of rotatable bonds is 5. The molecule has 6 nitrogen and oxygen atoms in total. The third-order valence-corrected chi connectivity index (χ3v) is 11.2. The molecule has 0 saturated heterocycles. The first-order valence-electron chi connectivity index (χ1n) is 18.5. The van der Waals surface area contributed by atoms with Crippen molar-refractivity contribution in [2.45, 2.75) is 19.3 Å². The molecule has 0 aliphatic heterocycles. The molecule has 3 aromatic heterocycles. The Hall–Kier alpha value is -7.18. The second-order valence-corrected chi connectivity index (χ2v) is 14.8. The Kier molecular flexibility index (Phi) is 6.79. The lowest BCUT2D eigenvalue weighted by molar-refractivity contribution is 0.602. The van der Waals surface area contributed by atoms with Crippen molar-refractivity contribution in [1.82, 2.24) is 24.5 Å². The number of oxazole rings is 1. The zero-order valence-electron chi connectivity index (χ0n) is 30.2. The van der Waals surface area contributed by atoms with Crippen LogP contribution in [-0.4, -0.2) is 24.5 Å². The van der Waals surface area contributed by atoms with Gasteiger partial charge in [-0.3, -0.25) is 4.57 Å². The van der Waals surface area contributed by atoms with Crippen LogP contribution in [0.25, 0.3) is 95.0 Å². The highest BCUT2D eigenvalue weighted by Gasteiger charge is 2.38. The zero-order chi connectivity index (χ0) is 36.7. The fourth-order valence-corrected chi connectivity index (χ4v) is 8.52. The molecular formula is C49H33N5O. The molecule has 260 valence electrons. The van der Waals surface area contributed by atoms with Crippen molar-refractivity contribution in [1.29, 1.82) is 0 Å². The van der Waals surface area contributed by atoms with Crippen LogP contribution in [0.3, 0.4) is 0 Å². The predicted octanol–water partition coefficient (Wildman–Crippen LogP) is 12.1. The number of benzene rings is 7. The number of hydrogen-bond acceptors (Lipinski definition) is 5. The van der Waals surface area contributed by atoms with Gasteiger partial charge in [0.05, 0.1) is 11.0 Å². The molecule has 3 heterocycles. The fourth-order valence-electron chi connectivity index (χ4n) is 8.52. The lowest BCUT2D eigenvalue weighted by Gasteiger charge is -2.22. The summed E-state index contributed by atoms with van der Waals surface area (Å²) in [5.41, 5.74) is 15.0. The average Bonchev–Trinajstić information content (AvgIpc) is 3.92. The monoisotopic (exact) mass is 707 g/mol. The van der Waals surface area contributed by atoms with E-state index in [1.807, 2.05) is 66.7 Å². The van der Waals surface area contributed by atoms with Crippen LogP contribution in [0.5, 0.6) is 0 Å². The lowest BCUT2D eigenvalue weighted by Crippen LogP contribution is -2.15. The van der Waals surface area contributed by atoms with Crippen molar-refractivity contribution in [2.24, 2.45) is 0 Å². The van der Waals surface area contributed by atoms with Crippen molar-refractivity contribution < 1.29 is 4.42 Å². The molecule has 6 heteroatoms. The van der Waals surface area contributed by atoms with E-state index in [9.17, 15) is 0 Å². The summed E-state index contributed by atoms with van der Waals surface area (Å²) >= 11 is 0. The van der Waals surface area contributed by atoms with Gasteiger partial charge in [0, 0.05) is 27.3 Å². The topological polar surface area (TPSA) is 69.6 Å². The summed E-state index contributed by atoms with van der Waals surface area (Å²) in [5.74, 6) is 1.83. The van der Waals surface area contributed by atoms with Gasteiger partial charge in [-0.15, -0.1) is 0 Å². The zero-order valence-corrected chi connectivity index (χ0v) is 30.2. The Morgan fingerprint density at radius 1 is 0.491 bits per heavy atom. The standard InChI is InChI=1S/C49H33N5O/c1-49(2)40-28-35(18-21-36(40)37-22-25-43-45(44(37)49)50-29-55-43)34-20-24-42-39(27-34)38-26-33(30-12-6-3-7-13-30)19-23-41(38)54(42)48-52-46(31-14-8-4-9-15-31)51-47(53-48)32-16-10-5-11-17-32/h3-29H,1-2H3. The Morgan fingerprint density at radius 3 is 1.64 bits per heavy atom. The third-order valence-electron chi connectivity index (χ3n) is 11.2. The summed E-state index contributed by atoms with van der Waals surface area (Å²) in [6.45, 7) is 4.58. The van der Waals surface area contributed by atoms with E-state index in [0.717, 1.165) is 60.7 Å². The third kappa shape index (κ3) is 4.88. The molecular weight excluding hydrogens is 675 g/mol. The smallest absolute Gasteiger partial charge is 0.238 e. The van der Waals surface area contributed by atoms with E-state index >= 15 is 0 Å². The maximum absolute atomic E-state index is 5.71. The van der Waals surface area contributed by atoms with Gasteiger partial charge in [0.15, 0.2) is 23.6 Å². The Labute approximate surface area is 317 Å². The van der Waals surface area contributed by atoms with Crippen LogP contribution in [-0.2, 0) is 5.41 Å². The molecule has 1 aliphatic carbocycles. The van der Waals surface area contributed by atoms with Crippen LogP contribution in [0.15, 0.2) is 169 Å². The van der Waals surface area contributed by atoms with Crippen LogP contribution >= 0.6 is 0 Å². The van der Waals surface area contributed by atoms with Gasteiger partial charge in [-0.1, -0.05) is 135 Å². The van der Waals surface area contributed by atoms with Crippen LogP contribution in [0.4, 0.5) is 0 Å². The SMILES string of the molecule is CC1(C)c2cc(-c3ccc4c(c3)c3cc(-c5ccccc5)ccc3n4-c3nc(-c4ccccc4)nc(-c4ccccc4)n3)ccc2-c2ccc3ocnc3c21. The van der Waals surface area contributed by atoms with E-state index < -0.39 is 0 Å². The second-order valence-electron chi connectivity index (χ2n) is 14.8. The first-order valence-corrected chi connectivity index (χ1v) is 18.5. The molecule has 0 fully saturated rings. The van der Waals surface area contributed by atoms with Crippen LogP contribution in [0.2, 0.25) is 0 Å². The normalized spacial score (nSPS) is 13.1. The Balaban J connectivity index is 1.13. The van der Waals surface area contributed by atoms with Crippen LogP contribution in [0, 0.1) is 0 Å². The fraction of sp³-hybridized carbons (Fsp3) is 0.0612. The summed E-state index contributed by atoms with van der Waals surface area (Å²) in [6.07, 6.45) is 1.55. The van der Waals surface area contributed by atoms with Gasteiger partial charge < -0.3 is 4.42 Å². The number of nitrogens with zero attached hydrogens (tertiary/aromatic N) is 5. The van der Waals surface area contributed by atoms with E-state index in [-0.39, 0.29) is 5.41 Å². The molecule has 0 saturated carbocycles. The minimum atomic E-state index is -0.243. The quantitative estimate of drug-likeness (QED) is 0.178. The Bertz CT molecular complexity index is 3050. The molecule has 55 heavy (non-hydrogen) atoms. The average molecular weight is 708 g/mol.